The van der Waals surface area contributed by atoms with Gasteiger partial charge in [-0.15, -0.1) is 0 Å². The Labute approximate surface area is 80.0 Å². The molecule has 6 heteroatoms. The van der Waals surface area contributed by atoms with Gasteiger partial charge in [-0.05, 0) is 6.92 Å². The first-order chi connectivity index (χ1) is 6.27. The largest absolute Gasteiger partial charge is 0.477 e. The van der Waals surface area contributed by atoms with Crippen LogP contribution in [0, 0.1) is 0 Å². The monoisotopic (exact) mass is 201 g/mol. The summed E-state index contributed by atoms with van der Waals surface area (Å²) in [6, 6.07) is 0. The van der Waals surface area contributed by atoms with Crippen molar-refractivity contribution in [3.63, 3.8) is 0 Å². The van der Waals surface area contributed by atoms with Gasteiger partial charge in [-0.25, -0.2) is 9.97 Å². The minimum Gasteiger partial charge on any atom is -0.477 e. The zero-order chi connectivity index (χ0) is 9.68. The summed E-state index contributed by atoms with van der Waals surface area (Å²) >= 11 is 5.48. The Balaban J connectivity index is 2.81. The van der Waals surface area contributed by atoms with Crippen molar-refractivity contribution in [2.75, 3.05) is 6.61 Å². The summed E-state index contributed by atoms with van der Waals surface area (Å²) in [5, 5.41) is 11.0. The lowest BCUT2D eigenvalue weighted by molar-refractivity contribution is 0.320. The number of rotatable bonds is 3. The van der Waals surface area contributed by atoms with E-state index < -0.39 is 0 Å². The molecule has 0 spiro atoms. The molecule has 0 aromatic carbocycles. The molecule has 1 heterocycles. The van der Waals surface area contributed by atoms with E-state index in [2.05, 4.69) is 15.1 Å². The summed E-state index contributed by atoms with van der Waals surface area (Å²) in [4.78, 5) is 7.73. The van der Waals surface area contributed by atoms with Crippen LogP contribution in [-0.2, 0) is 0 Å². The third kappa shape index (κ3) is 2.55. The molecule has 5 nitrogen and oxygen atoms in total. The highest BCUT2D eigenvalue weighted by Crippen LogP contribution is 2.05. The molecular formula is C7H8ClN3O2. The number of nitrogens with zero attached hydrogens (tertiary/aromatic N) is 3. The van der Waals surface area contributed by atoms with Gasteiger partial charge in [-0.3, -0.25) is 0 Å². The molecule has 0 aliphatic rings. The minimum absolute atomic E-state index is 0.101. The topological polar surface area (TPSA) is 67.6 Å². The second kappa shape index (κ2) is 4.61. The zero-order valence-electron chi connectivity index (χ0n) is 6.94. The van der Waals surface area contributed by atoms with Gasteiger partial charge < -0.3 is 9.94 Å². The van der Waals surface area contributed by atoms with Gasteiger partial charge in [0.05, 0.1) is 19.0 Å². The molecule has 0 saturated heterocycles. The summed E-state index contributed by atoms with van der Waals surface area (Å²) in [6.07, 6.45) is 2.78. The van der Waals surface area contributed by atoms with Gasteiger partial charge in [-0.2, -0.15) is 0 Å². The average Bonchev–Trinajstić information content (AvgIpc) is 2.18. The average molecular weight is 202 g/mol. The zero-order valence-corrected chi connectivity index (χ0v) is 7.69. The summed E-state index contributed by atoms with van der Waals surface area (Å²) < 4.78 is 5.06. The maximum Gasteiger partial charge on any atom is 0.232 e. The van der Waals surface area contributed by atoms with Gasteiger partial charge in [0.2, 0.25) is 5.88 Å². The van der Waals surface area contributed by atoms with Crippen LogP contribution in [0.2, 0.25) is 0 Å². The number of ether oxygens (including phenoxy) is 1. The lowest BCUT2D eigenvalue weighted by atomic mass is 10.5. The van der Waals surface area contributed by atoms with Gasteiger partial charge in [-0.1, -0.05) is 16.8 Å². The first-order valence-corrected chi connectivity index (χ1v) is 3.98. The Bertz CT molecular complexity index is 299. The fraction of sp³-hybridized carbons (Fsp3) is 0.286. The van der Waals surface area contributed by atoms with Crippen molar-refractivity contribution >= 4 is 16.8 Å². The molecule has 0 atom stereocenters. The molecule has 0 fully saturated rings. The van der Waals surface area contributed by atoms with Gasteiger partial charge in [0.25, 0.3) is 0 Å². The second-order valence-corrected chi connectivity index (χ2v) is 2.42. The highest BCUT2D eigenvalue weighted by Gasteiger charge is 2.02. The molecule has 1 rings (SSSR count). The van der Waals surface area contributed by atoms with Crippen LogP contribution in [0.25, 0.3) is 0 Å². The Morgan fingerprint density at radius 2 is 2.38 bits per heavy atom. The van der Waals surface area contributed by atoms with Crippen molar-refractivity contribution in [3.05, 3.63) is 18.1 Å². The van der Waals surface area contributed by atoms with Crippen molar-refractivity contribution in [1.29, 1.82) is 0 Å². The molecule has 0 aliphatic heterocycles. The van der Waals surface area contributed by atoms with Crippen LogP contribution in [0.15, 0.2) is 17.5 Å². The van der Waals surface area contributed by atoms with Crippen LogP contribution in [0.1, 0.15) is 12.6 Å². The number of hydrogen-bond acceptors (Lipinski definition) is 5. The van der Waals surface area contributed by atoms with E-state index in [1.165, 1.54) is 12.4 Å². The number of hydrogen-bond donors (Lipinski definition) is 1. The predicted octanol–water partition coefficient (Wildman–Crippen LogP) is 1.25. The Morgan fingerprint density at radius 3 is 2.85 bits per heavy atom. The second-order valence-electron chi connectivity index (χ2n) is 2.06. The number of aromatic nitrogens is 2. The molecule has 0 unspecified atom stereocenters. The quantitative estimate of drug-likeness (QED) is 0.454. The molecule has 0 amide bonds. The highest BCUT2D eigenvalue weighted by atomic mass is 35.5. The van der Waals surface area contributed by atoms with E-state index in [1.807, 2.05) is 6.92 Å². The van der Waals surface area contributed by atoms with Crippen LogP contribution >= 0.6 is 11.6 Å². The van der Waals surface area contributed by atoms with Crippen LogP contribution < -0.4 is 4.74 Å². The molecule has 0 saturated carbocycles. The van der Waals surface area contributed by atoms with Crippen LogP contribution in [-0.4, -0.2) is 27.0 Å². The van der Waals surface area contributed by atoms with E-state index in [4.69, 9.17) is 21.5 Å². The van der Waals surface area contributed by atoms with Crippen molar-refractivity contribution < 1.29 is 9.94 Å². The van der Waals surface area contributed by atoms with Gasteiger partial charge in [0.1, 0.15) is 5.69 Å². The van der Waals surface area contributed by atoms with E-state index >= 15 is 0 Å². The molecular weight excluding hydrogens is 194 g/mol. The standard InChI is InChI=1S/C7H8ClN3O2/c1-2-13-6-4-9-5(3-10-6)7(8)11-12/h3-4,12H,2H2,1H3. The Kier molecular flexibility index (Phi) is 3.45. The van der Waals surface area contributed by atoms with Crippen molar-refractivity contribution in [1.82, 2.24) is 9.97 Å². The first-order valence-electron chi connectivity index (χ1n) is 3.60. The summed E-state index contributed by atoms with van der Waals surface area (Å²) in [6.45, 7) is 2.37. The van der Waals surface area contributed by atoms with Crippen LogP contribution in [0.3, 0.4) is 0 Å². The number of halogens is 1. The third-order valence-electron chi connectivity index (χ3n) is 1.22. The van der Waals surface area contributed by atoms with Gasteiger partial charge in [0.15, 0.2) is 5.17 Å². The van der Waals surface area contributed by atoms with Gasteiger partial charge in [0, 0.05) is 0 Å². The maximum absolute atomic E-state index is 8.32. The first kappa shape index (κ1) is 9.73. The predicted molar refractivity (Wildman–Crippen MR) is 47.4 cm³/mol. The van der Waals surface area contributed by atoms with E-state index in [1.54, 1.807) is 0 Å². The summed E-state index contributed by atoms with van der Waals surface area (Å²) in [5.74, 6) is 0.411. The number of oxime groups is 1. The summed E-state index contributed by atoms with van der Waals surface area (Å²) in [7, 11) is 0. The van der Waals surface area contributed by atoms with E-state index in [0.29, 0.717) is 18.2 Å². The molecule has 70 valence electrons. The van der Waals surface area contributed by atoms with E-state index in [-0.39, 0.29) is 5.17 Å². The third-order valence-corrected chi connectivity index (χ3v) is 1.49. The lowest BCUT2D eigenvalue weighted by Gasteiger charge is -2.00. The molecule has 13 heavy (non-hydrogen) atoms. The molecule has 1 aromatic rings. The van der Waals surface area contributed by atoms with Crippen molar-refractivity contribution in [3.8, 4) is 5.88 Å². The molecule has 1 N–H and O–H groups in total. The normalized spacial score (nSPS) is 11.4. The van der Waals surface area contributed by atoms with Crippen molar-refractivity contribution in [2.24, 2.45) is 5.16 Å². The van der Waals surface area contributed by atoms with Gasteiger partial charge >= 0.3 is 0 Å². The molecule has 0 radical (unpaired) electrons. The Hall–Kier alpha value is -1.36. The lowest BCUT2D eigenvalue weighted by Crippen LogP contribution is -2.00. The smallest absolute Gasteiger partial charge is 0.232 e. The molecule has 0 aliphatic carbocycles. The molecule has 1 aromatic heterocycles. The SMILES string of the molecule is CCOc1cnc(C(Cl)=NO)cn1. The summed E-state index contributed by atoms with van der Waals surface area (Å²) in [5.41, 5.74) is 0.299. The van der Waals surface area contributed by atoms with Crippen molar-refractivity contribution in [2.45, 2.75) is 6.92 Å². The van der Waals surface area contributed by atoms with E-state index in [9.17, 15) is 0 Å². The minimum atomic E-state index is -0.101. The Morgan fingerprint density at radius 1 is 1.62 bits per heavy atom. The fourth-order valence-corrected chi connectivity index (χ4v) is 0.794. The maximum atomic E-state index is 8.32. The van der Waals surface area contributed by atoms with Crippen LogP contribution in [0.5, 0.6) is 5.88 Å². The highest BCUT2D eigenvalue weighted by molar-refractivity contribution is 6.69. The fourth-order valence-electron chi connectivity index (χ4n) is 0.696. The van der Waals surface area contributed by atoms with E-state index in [0.717, 1.165) is 0 Å². The van der Waals surface area contributed by atoms with Crippen LogP contribution in [0.4, 0.5) is 0 Å². The molecule has 0 bridgehead atoms.